The normalized spacial score (nSPS) is 29.6. The van der Waals surface area contributed by atoms with E-state index in [9.17, 15) is 0 Å². The minimum atomic E-state index is 0.347. The molecule has 2 atom stereocenters. The molecule has 0 bridgehead atoms. The predicted octanol–water partition coefficient (Wildman–Crippen LogP) is 3.15. The summed E-state index contributed by atoms with van der Waals surface area (Å²) in [6.07, 6.45) is 8.38. The van der Waals surface area contributed by atoms with Gasteiger partial charge in [0.05, 0.1) is 12.2 Å². The fraction of sp³-hybridized carbons (Fsp3) is 1.00. The van der Waals surface area contributed by atoms with E-state index in [1.807, 2.05) is 0 Å². The van der Waals surface area contributed by atoms with Gasteiger partial charge >= 0.3 is 0 Å². The van der Waals surface area contributed by atoms with Crippen LogP contribution in [-0.4, -0.2) is 25.4 Å². The van der Waals surface area contributed by atoms with E-state index in [2.05, 4.69) is 13.8 Å². The van der Waals surface area contributed by atoms with E-state index < -0.39 is 0 Å². The first kappa shape index (κ1) is 12.0. The highest BCUT2D eigenvalue weighted by Crippen LogP contribution is 2.22. The van der Waals surface area contributed by atoms with E-state index in [4.69, 9.17) is 9.47 Å². The molecule has 0 aromatic carbocycles. The topological polar surface area (TPSA) is 18.5 Å². The maximum Gasteiger partial charge on any atom is 0.0836 e. The van der Waals surface area contributed by atoms with E-state index in [1.54, 1.807) is 0 Å². The summed E-state index contributed by atoms with van der Waals surface area (Å²) < 4.78 is 11.5. The summed E-state index contributed by atoms with van der Waals surface area (Å²) in [6.45, 7) is 5.77. The van der Waals surface area contributed by atoms with Crippen molar-refractivity contribution in [2.24, 2.45) is 0 Å². The molecule has 0 aromatic heterocycles. The van der Waals surface area contributed by atoms with Crippen LogP contribution in [0.25, 0.3) is 0 Å². The number of hydrogen-bond donors (Lipinski definition) is 0. The van der Waals surface area contributed by atoms with E-state index in [1.165, 1.54) is 38.5 Å². The van der Waals surface area contributed by atoms with Crippen molar-refractivity contribution in [3.63, 3.8) is 0 Å². The lowest BCUT2D eigenvalue weighted by Crippen LogP contribution is -2.32. The minimum Gasteiger partial charge on any atom is -0.376 e. The standard InChI is InChI=1S/C12H24O2/c1-3-13-11-9-7-5-6-8-10-12(11)14-4-2/h11-12H,3-10H2,1-2H3. The van der Waals surface area contributed by atoms with E-state index in [0.717, 1.165) is 13.2 Å². The molecule has 0 saturated heterocycles. The Morgan fingerprint density at radius 2 is 1.21 bits per heavy atom. The fourth-order valence-corrected chi connectivity index (χ4v) is 2.23. The number of hydrogen-bond acceptors (Lipinski definition) is 2. The van der Waals surface area contributed by atoms with Crippen molar-refractivity contribution in [3.8, 4) is 0 Å². The molecule has 14 heavy (non-hydrogen) atoms. The molecule has 1 aliphatic rings. The van der Waals surface area contributed by atoms with Crippen LogP contribution in [0.5, 0.6) is 0 Å². The molecular formula is C12H24O2. The lowest BCUT2D eigenvalue weighted by Gasteiger charge is -2.28. The molecule has 1 rings (SSSR count). The Morgan fingerprint density at radius 1 is 0.786 bits per heavy atom. The van der Waals surface area contributed by atoms with Crippen molar-refractivity contribution < 1.29 is 9.47 Å². The summed E-state index contributed by atoms with van der Waals surface area (Å²) >= 11 is 0. The van der Waals surface area contributed by atoms with Gasteiger partial charge in [-0.05, 0) is 26.7 Å². The third kappa shape index (κ3) is 3.97. The second kappa shape index (κ2) is 7.24. The minimum absolute atomic E-state index is 0.347. The molecule has 0 aromatic rings. The van der Waals surface area contributed by atoms with Crippen molar-refractivity contribution in [1.82, 2.24) is 0 Å². The van der Waals surface area contributed by atoms with E-state index in [-0.39, 0.29) is 0 Å². The highest BCUT2D eigenvalue weighted by molar-refractivity contribution is 4.73. The van der Waals surface area contributed by atoms with E-state index >= 15 is 0 Å². The number of ether oxygens (including phenoxy) is 2. The molecule has 0 aliphatic heterocycles. The Morgan fingerprint density at radius 3 is 1.57 bits per heavy atom. The highest BCUT2D eigenvalue weighted by Gasteiger charge is 2.23. The first-order chi connectivity index (χ1) is 6.88. The van der Waals surface area contributed by atoms with Gasteiger partial charge < -0.3 is 9.47 Å². The Labute approximate surface area is 88.0 Å². The van der Waals surface area contributed by atoms with Crippen molar-refractivity contribution in [2.75, 3.05) is 13.2 Å². The van der Waals surface area contributed by atoms with Gasteiger partial charge in [0.1, 0.15) is 0 Å². The molecule has 0 radical (unpaired) electrons. The van der Waals surface area contributed by atoms with Gasteiger partial charge in [-0.3, -0.25) is 0 Å². The van der Waals surface area contributed by atoms with Crippen molar-refractivity contribution >= 4 is 0 Å². The van der Waals surface area contributed by atoms with Gasteiger partial charge in [0, 0.05) is 13.2 Å². The van der Waals surface area contributed by atoms with Crippen LogP contribution in [0.3, 0.4) is 0 Å². The quantitative estimate of drug-likeness (QED) is 0.694. The zero-order valence-corrected chi connectivity index (χ0v) is 9.63. The average molecular weight is 200 g/mol. The predicted molar refractivity (Wildman–Crippen MR) is 58.5 cm³/mol. The molecule has 1 aliphatic carbocycles. The van der Waals surface area contributed by atoms with Crippen molar-refractivity contribution in [1.29, 1.82) is 0 Å². The molecule has 2 heteroatoms. The SMILES string of the molecule is CCOC1CCCCCCC1OCC. The Bertz CT molecular complexity index is 120. The van der Waals surface area contributed by atoms with Crippen LogP contribution in [0, 0.1) is 0 Å². The summed E-state index contributed by atoms with van der Waals surface area (Å²) in [5, 5.41) is 0. The maximum atomic E-state index is 5.76. The van der Waals surface area contributed by atoms with Gasteiger partial charge in [0.2, 0.25) is 0 Å². The zero-order valence-electron chi connectivity index (χ0n) is 9.63. The maximum absolute atomic E-state index is 5.76. The van der Waals surface area contributed by atoms with Gasteiger partial charge in [-0.25, -0.2) is 0 Å². The smallest absolute Gasteiger partial charge is 0.0836 e. The first-order valence-electron chi connectivity index (χ1n) is 6.11. The van der Waals surface area contributed by atoms with Gasteiger partial charge in [-0.15, -0.1) is 0 Å². The monoisotopic (exact) mass is 200 g/mol. The van der Waals surface area contributed by atoms with Crippen LogP contribution in [0.1, 0.15) is 52.4 Å². The van der Waals surface area contributed by atoms with Crippen molar-refractivity contribution in [2.45, 2.75) is 64.6 Å². The Hall–Kier alpha value is -0.0800. The second-order valence-corrected chi connectivity index (χ2v) is 3.98. The van der Waals surface area contributed by atoms with Crippen LogP contribution in [0.4, 0.5) is 0 Å². The van der Waals surface area contributed by atoms with E-state index in [0.29, 0.717) is 12.2 Å². The molecule has 0 heterocycles. The van der Waals surface area contributed by atoms with Crippen LogP contribution in [0.2, 0.25) is 0 Å². The Kier molecular flexibility index (Phi) is 6.20. The molecule has 0 N–H and O–H groups in total. The van der Waals surface area contributed by atoms with Gasteiger partial charge in [0.25, 0.3) is 0 Å². The largest absolute Gasteiger partial charge is 0.376 e. The lowest BCUT2D eigenvalue weighted by molar-refractivity contribution is -0.0774. The average Bonchev–Trinajstić information content (AvgIpc) is 2.16. The van der Waals surface area contributed by atoms with Crippen LogP contribution < -0.4 is 0 Å². The van der Waals surface area contributed by atoms with Crippen molar-refractivity contribution in [3.05, 3.63) is 0 Å². The summed E-state index contributed by atoms with van der Waals surface area (Å²) in [7, 11) is 0. The summed E-state index contributed by atoms with van der Waals surface area (Å²) in [4.78, 5) is 0. The summed E-state index contributed by atoms with van der Waals surface area (Å²) in [5.74, 6) is 0. The van der Waals surface area contributed by atoms with Gasteiger partial charge in [-0.1, -0.05) is 25.7 Å². The molecule has 0 spiro atoms. The summed E-state index contributed by atoms with van der Waals surface area (Å²) in [5.41, 5.74) is 0. The fourth-order valence-electron chi connectivity index (χ4n) is 2.23. The van der Waals surface area contributed by atoms with Gasteiger partial charge in [0.15, 0.2) is 0 Å². The molecule has 0 amide bonds. The summed E-state index contributed by atoms with van der Waals surface area (Å²) in [6, 6.07) is 0. The third-order valence-electron chi connectivity index (χ3n) is 2.90. The van der Waals surface area contributed by atoms with Crippen LogP contribution in [-0.2, 0) is 9.47 Å². The van der Waals surface area contributed by atoms with Gasteiger partial charge in [-0.2, -0.15) is 0 Å². The molecule has 2 nitrogen and oxygen atoms in total. The molecule has 1 fully saturated rings. The van der Waals surface area contributed by atoms with Crippen LogP contribution >= 0.6 is 0 Å². The van der Waals surface area contributed by atoms with Crippen LogP contribution in [0.15, 0.2) is 0 Å². The zero-order chi connectivity index (χ0) is 10.2. The molecule has 1 saturated carbocycles. The number of rotatable bonds is 4. The molecule has 2 unspecified atom stereocenters. The third-order valence-corrected chi connectivity index (χ3v) is 2.90. The first-order valence-corrected chi connectivity index (χ1v) is 6.11. The second-order valence-electron chi connectivity index (χ2n) is 3.98. The lowest BCUT2D eigenvalue weighted by atomic mass is 9.96. The molecule has 84 valence electrons. The molecular weight excluding hydrogens is 176 g/mol. The Balaban J connectivity index is 2.42. The highest BCUT2D eigenvalue weighted by atomic mass is 16.5.